The Morgan fingerprint density at radius 1 is 1.14 bits per heavy atom. The predicted molar refractivity (Wildman–Crippen MR) is 111 cm³/mol. The van der Waals surface area contributed by atoms with Crippen molar-refractivity contribution in [3.8, 4) is 5.75 Å². The Morgan fingerprint density at radius 3 is 2.71 bits per heavy atom. The molecule has 0 bridgehead atoms. The van der Waals surface area contributed by atoms with E-state index < -0.39 is 0 Å². The van der Waals surface area contributed by atoms with Crippen molar-refractivity contribution in [2.24, 2.45) is 5.92 Å². The van der Waals surface area contributed by atoms with Crippen molar-refractivity contribution < 1.29 is 9.53 Å². The van der Waals surface area contributed by atoms with E-state index in [9.17, 15) is 4.79 Å². The van der Waals surface area contributed by atoms with Gasteiger partial charge in [-0.1, -0.05) is 24.3 Å². The van der Waals surface area contributed by atoms with Crippen LogP contribution in [0.1, 0.15) is 19.8 Å². The Morgan fingerprint density at radius 2 is 1.89 bits per heavy atom. The number of imidazole rings is 1. The summed E-state index contributed by atoms with van der Waals surface area (Å²) in [6, 6.07) is 15.7. The van der Waals surface area contributed by atoms with E-state index in [0.29, 0.717) is 18.3 Å². The summed E-state index contributed by atoms with van der Waals surface area (Å²) in [6.07, 6.45) is 3.91. The van der Waals surface area contributed by atoms with Crippen molar-refractivity contribution in [1.29, 1.82) is 0 Å². The van der Waals surface area contributed by atoms with Crippen molar-refractivity contribution in [1.82, 2.24) is 14.5 Å². The number of likely N-dealkylation sites (tertiary alicyclic amines) is 1. The minimum Gasteiger partial charge on any atom is -0.492 e. The fraction of sp³-hybridized carbons (Fsp3) is 0.364. The van der Waals surface area contributed by atoms with Gasteiger partial charge in [0.15, 0.2) is 0 Å². The molecule has 2 aromatic carbocycles. The second-order valence-electron chi connectivity index (χ2n) is 7.18. The molecule has 0 saturated carbocycles. The Kier molecular flexibility index (Phi) is 5.46. The highest BCUT2D eigenvalue weighted by molar-refractivity contribution is 5.91. The van der Waals surface area contributed by atoms with Gasteiger partial charge in [-0.15, -0.1) is 0 Å². The van der Waals surface area contributed by atoms with Crippen molar-refractivity contribution in [2.75, 3.05) is 25.0 Å². The maximum atomic E-state index is 12.7. The lowest BCUT2D eigenvalue weighted by atomic mass is 9.97. The second kappa shape index (κ2) is 8.33. The van der Waals surface area contributed by atoms with Crippen LogP contribution in [-0.2, 0) is 6.54 Å². The van der Waals surface area contributed by atoms with Gasteiger partial charge in [0.25, 0.3) is 0 Å². The molecule has 0 unspecified atom stereocenters. The van der Waals surface area contributed by atoms with E-state index in [1.807, 2.05) is 60.6 Å². The third kappa shape index (κ3) is 3.96. The highest BCUT2D eigenvalue weighted by Gasteiger charge is 2.24. The van der Waals surface area contributed by atoms with Crippen LogP contribution < -0.4 is 10.1 Å². The van der Waals surface area contributed by atoms with Crippen molar-refractivity contribution in [3.05, 3.63) is 54.9 Å². The lowest BCUT2D eigenvalue weighted by Gasteiger charge is -2.32. The molecule has 4 rings (SSSR count). The number of ether oxygens (including phenoxy) is 1. The third-order valence-corrected chi connectivity index (χ3v) is 5.31. The summed E-state index contributed by atoms with van der Waals surface area (Å²) >= 11 is 0. The summed E-state index contributed by atoms with van der Waals surface area (Å²) in [7, 11) is 0. The smallest absolute Gasteiger partial charge is 0.321 e. The summed E-state index contributed by atoms with van der Waals surface area (Å²) < 4.78 is 7.82. The number of carbonyl (C=O) groups is 1. The number of nitrogens with zero attached hydrogens (tertiary/aromatic N) is 3. The Hall–Kier alpha value is -3.02. The highest BCUT2D eigenvalue weighted by Crippen LogP contribution is 2.26. The topological polar surface area (TPSA) is 59.4 Å². The van der Waals surface area contributed by atoms with Gasteiger partial charge < -0.3 is 19.5 Å². The summed E-state index contributed by atoms with van der Waals surface area (Å²) in [5.41, 5.74) is 2.93. The van der Waals surface area contributed by atoms with Gasteiger partial charge in [0.1, 0.15) is 5.75 Å². The number of hydrogen-bond acceptors (Lipinski definition) is 3. The van der Waals surface area contributed by atoms with Crippen molar-refractivity contribution in [2.45, 2.75) is 26.3 Å². The normalized spacial score (nSPS) is 15.0. The molecule has 2 amide bonds. The molecule has 1 fully saturated rings. The highest BCUT2D eigenvalue weighted by atomic mass is 16.5. The van der Waals surface area contributed by atoms with Crippen LogP contribution in [-0.4, -0.2) is 40.2 Å². The number of rotatable bonds is 5. The number of carbonyl (C=O) groups excluding carboxylic acids is 1. The molecule has 0 aliphatic carbocycles. The Bertz CT molecular complexity index is 944. The second-order valence-corrected chi connectivity index (χ2v) is 7.18. The minimum absolute atomic E-state index is 0.0568. The molecule has 1 aliphatic rings. The standard InChI is InChI=1S/C22H26N4O2/c1-2-28-21-10-6-4-8-19(21)24-22(27)25-13-11-17(12-14-25)15-26-16-23-18-7-3-5-9-20(18)26/h3-10,16-17H,2,11-15H2,1H3,(H,24,27). The van der Waals surface area contributed by atoms with Gasteiger partial charge >= 0.3 is 6.03 Å². The number of piperidine rings is 1. The maximum absolute atomic E-state index is 12.7. The van der Waals surface area contributed by atoms with E-state index in [0.717, 1.165) is 43.7 Å². The van der Waals surface area contributed by atoms with Crippen molar-refractivity contribution >= 4 is 22.8 Å². The number of benzene rings is 2. The lowest BCUT2D eigenvalue weighted by Crippen LogP contribution is -2.41. The average Bonchev–Trinajstić information content (AvgIpc) is 3.13. The molecular formula is C22H26N4O2. The molecule has 6 heteroatoms. The van der Waals surface area contributed by atoms with Crippen LogP contribution in [0.3, 0.4) is 0 Å². The number of para-hydroxylation sites is 4. The number of hydrogen-bond donors (Lipinski definition) is 1. The molecule has 1 aromatic heterocycles. The molecular weight excluding hydrogens is 352 g/mol. The first-order valence-electron chi connectivity index (χ1n) is 9.92. The Labute approximate surface area is 165 Å². The van der Waals surface area contributed by atoms with Crippen LogP contribution in [0.2, 0.25) is 0 Å². The van der Waals surface area contributed by atoms with E-state index >= 15 is 0 Å². The third-order valence-electron chi connectivity index (χ3n) is 5.31. The fourth-order valence-electron chi connectivity index (χ4n) is 3.80. The van der Waals surface area contributed by atoms with Crippen LogP contribution in [0.15, 0.2) is 54.9 Å². The summed E-state index contributed by atoms with van der Waals surface area (Å²) in [5, 5.41) is 3.00. The number of fused-ring (bicyclic) bond motifs is 1. The fourth-order valence-corrected chi connectivity index (χ4v) is 3.80. The van der Waals surface area contributed by atoms with Gasteiger partial charge in [-0.3, -0.25) is 0 Å². The first-order chi connectivity index (χ1) is 13.7. The first-order valence-corrected chi connectivity index (χ1v) is 9.92. The largest absolute Gasteiger partial charge is 0.492 e. The van der Waals surface area contributed by atoms with Crippen LogP contribution in [0.4, 0.5) is 10.5 Å². The van der Waals surface area contributed by atoms with E-state index in [1.165, 1.54) is 5.52 Å². The summed E-state index contributed by atoms with van der Waals surface area (Å²) in [6.45, 7) is 4.98. The van der Waals surface area contributed by atoms with Crippen LogP contribution >= 0.6 is 0 Å². The monoisotopic (exact) mass is 378 g/mol. The molecule has 1 saturated heterocycles. The zero-order valence-electron chi connectivity index (χ0n) is 16.2. The van der Waals surface area contributed by atoms with E-state index in [4.69, 9.17) is 4.74 Å². The molecule has 1 N–H and O–H groups in total. The molecule has 6 nitrogen and oxygen atoms in total. The number of anilines is 1. The van der Waals surface area contributed by atoms with E-state index in [2.05, 4.69) is 20.9 Å². The van der Waals surface area contributed by atoms with Gasteiger partial charge in [0, 0.05) is 19.6 Å². The zero-order chi connectivity index (χ0) is 19.3. The van der Waals surface area contributed by atoms with Gasteiger partial charge in [0.2, 0.25) is 0 Å². The maximum Gasteiger partial charge on any atom is 0.321 e. The summed E-state index contributed by atoms with van der Waals surface area (Å²) in [4.78, 5) is 19.0. The lowest BCUT2D eigenvalue weighted by molar-refractivity contribution is 0.177. The first kappa shape index (κ1) is 18.3. The Balaban J connectivity index is 1.33. The molecule has 0 atom stereocenters. The van der Waals surface area contributed by atoms with Gasteiger partial charge in [-0.05, 0) is 49.9 Å². The number of nitrogens with one attached hydrogen (secondary N) is 1. The quantitative estimate of drug-likeness (QED) is 0.717. The van der Waals surface area contributed by atoms with Crippen LogP contribution in [0.5, 0.6) is 5.75 Å². The van der Waals surface area contributed by atoms with E-state index in [1.54, 1.807) is 0 Å². The zero-order valence-corrected chi connectivity index (χ0v) is 16.2. The van der Waals surface area contributed by atoms with Crippen molar-refractivity contribution in [3.63, 3.8) is 0 Å². The SMILES string of the molecule is CCOc1ccccc1NC(=O)N1CCC(Cn2cnc3ccccc32)CC1. The number of amides is 2. The van der Waals surface area contributed by atoms with Crippen LogP contribution in [0, 0.1) is 5.92 Å². The molecule has 0 spiro atoms. The number of urea groups is 1. The molecule has 3 aromatic rings. The van der Waals surface area contributed by atoms with Crippen LogP contribution in [0.25, 0.3) is 11.0 Å². The molecule has 28 heavy (non-hydrogen) atoms. The average molecular weight is 378 g/mol. The molecule has 1 aliphatic heterocycles. The molecule has 0 radical (unpaired) electrons. The molecule has 146 valence electrons. The van der Waals surface area contributed by atoms with Gasteiger partial charge in [-0.2, -0.15) is 0 Å². The molecule has 2 heterocycles. The van der Waals surface area contributed by atoms with Gasteiger partial charge in [-0.25, -0.2) is 9.78 Å². The van der Waals surface area contributed by atoms with E-state index in [-0.39, 0.29) is 6.03 Å². The predicted octanol–water partition coefficient (Wildman–Crippen LogP) is 4.38. The minimum atomic E-state index is -0.0568. The summed E-state index contributed by atoms with van der Waals surface area (Å²) in [5.74, 6) is 1.26. The number of aromatic nitrogens is 2. The van der Waals surface area contributed by atoms with Gasteiger partial charge in [0.05, 0.1) is 29.7 Å².